The predicted molar refractivity (Wildman–Crippen MR) is 62.0 cm³/mol. The van der Waals surface area contributed by atoms with Crippen LogP contribution in [0.15, 0.2) is 30.5 Å². The second-order valence-electron chi connectivity index (χ2n) is 3.58. The van der Waals surface area contributed by atoms with Gasteiger partial charge in [0.2, 0.25) is 5.82 Å². The first-order valence-corrected chi connectivity index (χ1v) is 5.18. The zero-order valence-electron chi connectivity index (χ0n) is 9.71. The van der Waals surface area contributed by atoms with Crippen molar-refractivity contribution in [3.8, 4) is 17.6 Å². The van der Waals surface area contributed by atoms with Crippen molar-refractivity contribution in [2.24, 2.45) is 0 Å². The van der Waals surface area contributed by atoms with Crippen LogP contribution in [0.3, 0.4) is 0 Å². The zero-order valence-corrected chi connectivity index (χ0v) is 9.71. The molecule has 2 aromatic rings. The third-order valence-corrected chi connectivity index (χ3v) is 2.27. The number of benzene rings is 1. The van der Waals surface area contributed by atoms with Gasteiger partial charge in [0.1, 0.15) is 17.5 Å². The normalized spacial score (nSPS) is 9.85. The molecule has 0 saturated carbocycles. The SMILES string of the molecule is N#Cc1cc(Oc2cc(F)c([N+](=O)[O-])cc2F)ccn1. The van der Waals surface area contributed by atoms with Gasteiger partial charge in [0.05, 0.1) is 11.0 Å². The maximum atomic E-state index is 13.6. The number of halogens is 2. The van der Waals surface area contributed by atoms with Gasteiger partial charge in [-0.2, -0.15) is 9.65 Å². The van der Waals surface area contributed by atoms with Crippen LogP contribution in [-0.2, 0) is 0 Å². The van der Waals surface area contributed by atoms with Gasteiger partial charge in [-0.05, 0) is 6.07 Å². The van der Waals surface area contributed by atoms with Crippen LogP contribution in [0.25, 0.3) is 0 Å². The molecule has 20 heavy (non-hydrogen) atoms. The number of rotatable bonds is 3. The molecule has 0 unspecified atom stereocenters. The lowest BCUT2D eigenvalue weighted by Gasteiger charge is -2.06. The van der Waals surface area contributed by atoms with Crippen molar-refractivity contribution in [3.05, 3.63) is 57.9 Å². The van der Waals surface area contributed by atoms with E-state index in [1.54, 1.807) is 6.07 Å². The van der Waals surface area contributed by atoms with E-state index in [0.29, 0.717) is 12.1 Å². The van der Waals surface area contributed by atoms with Crippen molar-refractivity contribution in [2.75, 3.05) is 0 Å². The van der Waals surface area contributed by atoms with Crippen molar-refractivity contribution in [2.45, 2.75) is 0 Å². The number of hydrogen-bond donors (Lipinski definition) is 0. The summed E-state index contributed by atoms with van der Waals surface area (Å²) < 4.78 is 32.0. The van der Waals surface area contributed by atoms with Crippen LogP contribution in [0.5, 0.6) is 11.5 Å². The molecule has 8 heteroatoms. The van der Waals surface area contributed by atoms with E-state index in [0.717, 1.165) is 0 Å². The van der Waals surface area contributed by atoms with Crippen LogP contribution in [0.4, 0.5) is 14.5 Å². The number of nitro benzene ring substituents is 1. The summed E-state index contributed by atoms with van der Waals surface area (Å²) in [4.78, 5) is 13.1. The van der Waals surface area contributed by atoms with Gasteiger partial charge in [-0.15, -0.1) is 0 Å². The van der Waals surface area contributed by atoms with Crippen molar-refractivity contribution >= 4 is 5.69 Å². The van der Waals surface area contributed by atoms with E-state index in [9.17, 15) is 18.9 Å². The van der Waals surface area contributed by atoms with Gasteiger partial charge in [-0.1, -0.05) is 0 Å². The standard InChI is InChI=1S/C12H5F2N3O3/c13-9-5-12(10(14)4-11(9)17(18)19)20-8-1-2-16-7(3-8)6-15/h1-5H. The molecular weight excluding hydrogens is 272 g/mol. The zero-order chi connectivity index (χ0) is 14.7. The van der Waals surface area contributed by atoms with Crippen LogP contribution < -0.4 is 4.74 Å². The highest BCUT2D eigenvalue weighted by Gasteiger charge is 2.19. The van der Waals surface area contributed by atoms with Crippen molar-refractivity contribution in [3.63, 3.8) is 0 Å². The Kier molecular flexibility index (Phi) is 3.52. The summed E-state index contributed by atoms with van der Waals surface area (Å²) in [6.45, 7) is 0. The first-order valence-electron chi connectivity index (χ1n) is 5.18. The molecule has 0 fully saturated rings. The number of aromatic nitrogens is 1. The van der Waals surface area contributed by atoms with Gasteiger partial charge in [0.15, 0.2) is 11.6 Å². The highest BCUT2D eigenvalue weighted by molar-refractivity contribution is 5.42. The van der Waals surface area contributed by atoms with Gasteiger partial charge >= 0.3 is 5.69 Å². The smallest absolute Gasteiger partial charge is 0.307 e. The molecule has 100 valence electrons. The fraction of sp³-hybridized carbons (Fsp3) is 0. The number of nitriles is 1. The largest absolute Gasteiger partial charge is 0.454 e. The van der Waals surface area contributed by atoms with E-state index in [1.807, 2.05) is 0 Å². The molecule has 1 aromatic heterocycles. The molecular formula is C12H5F2N3O3. The Morgan fingerprint density at radius 3 is 2.70 bits per heavy atom. The van der Waals surface area contributed by atoms with Gasteiger partial charge in [-0.25, -0.2) is 9.37 Å². The van der Waals surface area contributed by atoms with Crippen LogP contribution in [-0.4, -0.2) is 9.91 Å². The van der Waals surface area contributed by atoms with Crippen molar-refractivity contribution < 1.29 is 18.4 Å². The number of hydrogen-bond acceptors (Lipinski definition) is 5. The Bertz CT molecular complexity index is 728. The Hall–Kier alpha value is -3.08. The number of pyridine rings is 1. The van der Waals surface area contributed by atoms with Crippen molar-refractivity contribution in [1.82, 2.24) is 4.98 Å². The Balaban J connectivity index is 2.37. The molecule has 2 rings (SSSR count). The first kappa shape index (κ1) is 13.4. The van der Waals surface area contributed by atoms with Gasteiger partial charge < -0.3 is 4.74 Å². The second-order valence-corrected chi connectivity index (χ2v) is 3.58. The lowest BCUT2D eigenvalue weighted by Crippen LogP contribution is -1.97. The fourth-order valence-corrected chi connectivity index (χ4v) is 1.40. The van der Waals surface area contributed by atoms with E-state index in [4.69, 9.17) is 10.00 Å². The highest BCUT2D eigenvalue weighted by atomic mass is 19.1. The second kappa shape index (κ2) is 5.27. The first-order chi connectivity index (χ1) is 9.51. The van der Waals surface area contributed by atoms with Gasteiger partial charge in [0, 0.05) is 18.3 Å². The summed E-state index contributed by atoms with van der Waals surface area (Å²) in [6, 6.07) is 5.31. The number of ether oxygens (including phenoxy) is 1. The molecule has 0 aliphatic heterocycles. The molecule has 0 spiro atoms. The molecule has 6 nitrogen and oxygen atoms in total. The summed E-state index contributed by atoms with van der Waals surface area (Å²) in [6.07, 6.45) is 1.26. The monoisotopic (exact) mass is 277 g/mol. The predicted octanol–water partition coefficient (Wildman–Crippen LogP) is 2.93. The van der Waals surface area contributed by atoms with Gasteiger partial charge in [-0.3, -0.25) is 10.1 Å². The third kappa shape index (κ3) is 2.67. The molecule has 0 amide bonds. The van der Waals surface area contributed by atoms with Gasteiger partial charge in [0.25, 0.3) is 0 Å². The quantitative estimate of drug-likeness (QED) is 0.635. The highest BCUT2D eigenvalue weighted by Crippen LogP contribution is 2.29. The van der Waals surface area contributed by atoms with E-state index in [2.05, 4.69) is 4.98 Å². The topological polar surface area (TPSA) is 89.0 Å². The number of nitro groups is 1. The average Bonchev–Trinajstić information content (AvgIpc) is 2.42. The molecule has 0 saturated heterocycles. The Morgan fingerprint density at radius 1 is 1.30 bits per heavy atom. The fourth-order valence-electron chi connectivity index (χ4n) is 1.40. The number of nitrogens with zero attached hydrogens (tertiary/aromatic N) is 3. The third-order valence-electron chi connectivity index (χ3n) is 2.27. The molecule has 0 bridgehead atoms. The average molecular weight is 277 g/mol. The minimum atomic E-state index is -1.22. The van der Waals surface area contributed by atoms with Crippen LogP contribution in [0, 0.1) is 33.1 Å². The van der Waals surface area contributed by atoms with E-state index in [1.165, 1.54) is 18.3 Å². The maximum absolute atomic E-state index is 13.6. The Labute approximate surface area is 111 Å². The van der Waals surface area contributed by atoms with Crippen LogP contribution >= 0.6 is 0 Å². The minimum absolute atomic E-state index is 0.0327. The lowest BCUT2D eigenvalue weighted by molar-refractivity contribution is -0.387. The molecule has 0 aliphatic carbocycles. The minimum Gasteiger partial charge on any atom is -0.454 e. The van der Waals surface area contributed by atoms with Crippen LogP contribution in [0.2, 0.25) is 0 Å². The van der Waals surface area contributed by atoms with Crippen LogP contribution in [0.1, 0.15) is 5.69 Å². The Morgan fingerprint density at radius 2 is 2.05 bits per heavy atom. The molecule has 0 N–H and O–H groups in total. The summed E-state index contributed by atoms with van der Waals surface area (Å²) >= 11 is 0. The summed E-state index contributed by atoms with van der Waals surface area (Å²) in [5.41, 5.74) is -0.951. The molecule has 0 aliphatic rings. The summed E-state index contributed by atoms with van der Waals surface area (Å²) in [5, 5.41) is 19.1. The lowest BCUT2D eigenvalue weighted by atomic mass is 10.2. The van der Waals surface area contributed by atoms with Crippen molar-refractivity contribution in [1.29, 1.82) is 5.26 Å². The van der Waals surface area contributed by atoms with E-state index >= 15 is 0 Å². The summed E-state index contributed by atoms with van der Waals surface area (Å²) in [7, 11) is 0. The van der Waals surface area contributed by atoms with E-state index < -0.39 is 28.0 Å². The van der Waals surface area contributed by atoms with E-state index in [-0.39, 0.29) is 11.4 Å². The molecule has 1 heterocycles. The molecule has 1 aromatic carbocycles. The summed E-state index contributed by atoms with van der Waals surface area (Å²) in [5.74, 6) is -2.78. The maximum Gasteiger partial charge on any atom is 0.307 e. The molecule has 0 radical (unpaired) electrons. The molecule has 0 atom stereocenters.